The van der Waals surface area contributed by atoms with Crippen molar-refractivity contribution in [3.8, 4) is 0 Å². The molecule has 0 amide bonds. The van der Waals surface area contributed by atoms with E-state index in [0.717, 1.165) is 6.42 Å². The highest BCUT2D eigenvalue weighted by molar-refractivity contribution is 5.70. The van der Waals surface area contributed by atoms with Gasteiger partial charge in [0.05, 0.1) is 13.0 Å². The topological polar surface area (TPSA) is 38.3 Å². The van der Waals surface area contributed by atoms with Crippen LogP contribution in [0, 0.1) is 0 Å². The maximum atomic E-state index is 11.2. The summed E-state index contributed by atoms with van der Waals surface area (Å²) in [4.78, 5) is 11.2. The fourth-order valence-corrected chi connectivity index (χ4v) is 1.33. The van der Waals surface area contributed by atoms with Gasteiger partial charge in [0.2, 0.25) is 0 Å². The lowest BCUT2D eigenvalue weighted by Gasteiger charge is -2.15. The van der Waals surface area contributed by atoms with Crippen molar-refractivity contribution in [3.05, 3.63) is 0 Å². The average molecular weight is 185 g/mol. The lowest BCUT2D eigenvalue weighted by atomic mass is 10.1. The van der Waals surface area contributed by atoms with E-state index in [9.17, 15) is 4.79 Å². The van der Waals surface area contributed by atoms with Crippen LogP contribution in [0.15, 0.2) is 0 Å². The molecule has 0 aromatic rings. The summed E-state index contributed by atoms with van der Waals surface area (Å²) in [7, 11) is 0. The Hall–Kier alpha value is -0.570. The Morgan fingerprint density at radius 1 is 1.54 bits per heavy atom. The Morgan fingerprint density at radius 3 is 2.69 bits per heavy atom. The molecule has 1 N–H and O–H groups in total. The van der Waals surface area contributed by atoms with Gasteiger partial charge in [-0.05, 0) is 26.2 Å². The zero-order valence-electron chi connectivity index (χ0n) is 8.51. The third kappa shape index (κ3) is 4.27. The zero-order valence-corrected chi connectivity index (χ0v) is 8.51. The molecule has 1 saturated carbocycles. The molecule has 0 bridgehead atoms. The summed E-state index contributed by atoms with van der Waals surface area (Å²) < 4.78 is 4.90. The molecule has 1 aliphatic carbocycles. The van der Waals surface area contributed by atoms with E-state index in [0.29, 0.717) is 25.1 Å². The van der Waals surface area contributed by atoms with Crippen molar-refractivity contribution in [1.82, 2.24) is 5.32 Å². The van der Waals surface area contributed by atoms with E-state index in [1.165, 1.54) is 12.8 Å². The molecule has 1 rings (SSSR count). The maximum absolute atomic E-state index is 11.2. The molecular weight excluding hydrogens is 166 g/mol. The number of carbonyl (C=O) groups excluding carboxylic acids is 1. The second-order valence-corrected chi connectivity index (χ2v) is 3.56. The van der Waals surface area contributed by atoms with Crippen LogP contribution in [-0.2, 0) is 9.53 Å². The van der Waals surface area contributed by atoms with Crippen molar-refractivity contribution in [2.45, 2.75) is 51.6 Å². The number of ether oxygens (including phenoxy) is 1. The van der Waals surface area contributed by atoms with E-state index in [4.69, 9.17) is 4.74 Å². The molecule has 13 heavy (non-hydrogen) atoms. The molecule has 0 heterocycles. The molecule has 0 aromatic heterocycles. The normalized spacial score (nSPS) is 18.3. The first-order valence-electron chi connectivity index (χ1n) is 5.18. The summed E-state index contributed by atoms with van der Waals surface area (Å²) in [5.74, 6) is -0.0810. The van der Waals surface area contributed by atoms with Crippen molar-refractivity contribution >= 4 is 5.97 Å². The highest BCUT2D eigenvalue weighted by atomic mass is 16.5. The molecule has 1 fully saturated rings. The Balaban J connectivity index is 2.17. The van der Waals surface area contributed by atoms with Crippen molar-refractivity contribution in [2.75, 3.05) is 6.61 Å². The van der Waals surface area contributed by atoms with E-state index in [1.807, 2.05) is 6.92 Å². The quantitative estimate of drug-likeness (QED) is 0.637. The zero-order chi connectivity index (χ0) is 9.68. The molecule has 3 heteroatoms. The predicted molar refractivity (Wildman–Crippen MR) is 51.5 cm³/mol. The summed E-state index contributed by atoms with van der Waals surface area (Å²) in [6.07, 6.45) is 4.04. The molecule has 0 aromatic carbocycles. The monoisotopic (exact) mass is 185 g/mol. The molecular formula is C10H19NO2. The van der Waals surface area contributed by atoms with Gasteiger partial charge in [-0.15, -0.1) is 0 Å². The standard InChI is InChI=1S/C10H19NO2/c1-3-8(11-9-5-6-9)7-10(12)13-4-2/h8-9,11H,3-7H2,1-2H3. The van der Waals surface area contributed by atoms with Crippen LogP contribution in [-0.4, -0.2) is 24.7 Å². The Labute approximate surface area is 79.8 Å². The van der Waals surface area contributed by atoms with Gasteiger partial charge < -0.3 is 10.1 Å². The van der Waals surface area contributed by atoms with E-state index < -0.39 is 0 Å². The summed E-state index contributed by atoms with van der Waals surface area (Å²) in [6.45, 7) is 4.42. The van der Waals surface area contributed by atoms with E-state index in [2.05, 4.69) is 12.2 Å². The fraction of sp³-hybridized carbons (Fsp3) is 0.900. The predicted octanol–water partition coefficient (Wildman–Crippen LogP) is 1.47. The van der Waals surface area contributed by atoms with Gasteiger partial charge in [-0.25, -0.2) is 0 Å². The molecule has 1 atom stereocenters. The van der Waals surface area contributed by atoms with Crippen LogP contribution >= 0.6 is 0 Å². The summed E-state index contributed by atoms with van der Waals surface area (Å²) >= 11 is 0. The number of hydrogen-bond donors (Lipinski definition) is 1. The number of esters is 1. The van der Waals surface area contributed by atoms with Crippen LogP contribution < -0.4 is 5.32 Å². The summed E-state index contributed by atoms with van der Waals surface area (Å²) in [5, 5.41) is 3.43. The first-order valence-corrected chi connectivity index (χ1v) is 5.18. The Kier molecular flexibility index (Phi) is 4.22. The number of hydrogen-bond acceptors (Lipinski definition) is 3. The summed E-state index contributed by atoms with van der Waals surface area (Å²) in [6, 6.07) is 0.978. The minimum atomic E-state index is -0.0810. The highest BCUT2D eigenvalue weighted by Gasteiger charge is 2.24. The third-order valence-corrected chi connectivity index (χ3v) is 2.26. The van der Waals surface area contributed by atoms with Crippen molar-refractivity contribution in [2.24, 2.45) is 0 Å². The SMILES string of the molecule is CCOC(=O)CC(CC)NC1CC1. The molecule has 76 valence electrons. The van der Waals surface area contributed by atoms with Gasteiger partial charge in [0, 0.05) is 12.1 Å². The van der Waals surface area contributed by atoms with Crippen LogP contribution in [0.2, 0.25) is 0 Å². The van der Waals surface area contributed by atoms with Crippen molar-refractivity contribution in [3.63, 3.8) is 0 Å². The third-order valence-electron chi connectivity index (χ3n) is 2.26. The number of nitrogens with one attached hydrogen (secondary N) is 1. The molecule has 1 aliphatic rings. The second kappa shape index (κ2) is 5.22. The number of carbonyl (C=O) groups is 1. The van der Waals surface area contributed by atoms with Gasteiger partial charge in [-0.2, -0.15) is 0 Å². The summed E-state index contributed by atoms with van der Waals surface area (Å²) in [5.41, 5.74) is 0. The van der Waals surface area contributed by atoms with Gasteiger partial charge >= 0.3 is 5.97 Å². The second-order valence-electron chi connectivity index (χ2n) is 3.56. The van der Waals surface area contributed by atoms with Crippen molar-refractivity contribution < 1.29 is 9.53 Å². The Morgan fingerprint density at radius 2 is 2.23 bits per heavy atom. The maximum Gasteiger partial charge on any atom is 0.307 e. The minimum Gasteiger partial charge on any atom is -0.466 e. The van der Waals surface area contributed by atoms with Crippen LogP contribution in [0.25, 0.3) is 0 Å². The van der Waals surface area contributed by atoms with Crippen molar-refractivity contribution in [1.29, 1.82) is 0 Å². The fourth-order valence-electron chi connectivity index (χ4n) is 1.33. The van der Waals surface area contributed by atoms with Gasteiger partial charge in [-0.1, -0.05) is 6.92 Å². The van der Waals surface area contributed by atoms with E-state index in [-0.39, 0.29) is 5.97 Å². The first kappa shape index (κ1) is 10.5. The molecule has 0 aliphatic heterocycles. The molecule has 3 nitrogen and oxygen atoms in total. The number of rotatable bonds is 6. The van der Waals surface area contributed by atoms with Crippen LogP contribution in [0.5, 0.6) is 0 Å². The van der Waals surface area contributed by atoms with Gasteiger partial charge in [0.25, 0.3) is 0 Å². The highest BCUT2D eigenvalue weighted by Crippen LogP contribution is 2.20. The molecule has 1 unspecified atom stereocenters. The van der Waals surface area contributed by atoms with Crippen LogP contribution in [0.4, 0.5) is 0 Å². The smallest absolute Gasteiger partial charge is 0.307 e. The van der Waals surface area contributed by atoms with Crippen LogP contribution in [0.3, 0.4) is 0 Å². The lowest BCUT2D eigenvalue weighted by molar-refractivity contribution is -0.143. The van der Waals surface area contributed by atoms with E-state index >= 15 is 0 Å². The largest absolute Gasteiger partial charge is 0.466 e. The van der Waals surface area contributed by atoms with Crippen LogP contribution in [0.1, 0.15) is 39.5 Å². The average Bonchev–Trinajstić information content (AvgIpc) is 2.87. The minimum absolute atomic E-state index is 0.0810. The molecule has 0 radical (unpaired) electrons. The molecule has 0 saturated heterocycles. The molecule has 0 spiro atoms. The first-order chi connectivity index (χ1) is 6.26. The Bertz CT molecular complexity index is 166. The lowest BCUT2D eigenvalue weighted by Crippen LogP contribution is -2.33. The van der Waals surface area contributed by atoms with E-state index in [1.54, 1.807) is 0 Å². The van der Waals surface area contributed by atoms with Gasteiger partial charge in [-0.3, -0.25) is 4.79 Å². The van der Waals surface area contributed by atoms with Gasteiger partial charge in [0.1, 0.15) is 0 Å². The van der Waals surface area contributed by atoms with Gasteiger partial charge in [0.15, 0.2) is 0 Å².